The number of nitrogens with zero attached hydrogens (tertiary/aromatic N) is 2. The van der Waals surface area contributed by atoms with Crippen LogP contribution in [0.15, 0.2) is 59.1 Å². The van der Waals surface area contributed by atoms with E-state index in [2.05, 4.69) is 44.5 Å². The Morgan fingerprint density at radius 3 is 2.62 bits per heavy atom. The average molecular weight is 485 g/mol. The van der Waals surface area contributed by atoms with Crippen molar-refractivity contribution in [3.05, 3.63) is 59.5 Å². The number of imidazole rings is 1. The highest BCUT2D eigenvalue weighted by atomic mass is 35.5. The molecule has 2 heterocycles. The molecule has 2 aromatic carbocycles. The summed E-state index contributed by atoms with van der Waals surface area (Å²) < 4.78 is 0. The van der Waals surface area contributed by atoms with Crippen molar-refractivity contribution >= 4 is 57.6 Å². The first-order valence-corrected chi connectivity index (χ1v) is 12.5. The van der Waals surface area contributed by atoms with Crippen LogP contribution in [0.1, 0.15) is 43.6 Å². The maximum absolute atomic E-state index is 12.4. The molecule has 2 aromatic heterocycles. The Morgan fingerprint density at radius 1 is 1.06 bits per heavy atom. The monoisotopic (exact) mass is 484 g/mol. The molecule has 0 unspecified atom stereocenters. The summed E-state index contributed by atoms with van der Waals surface area (Å²) in [5.41, 5.74) is 5.32. The molecule has 5 nitrogen and oxygen atoms in total. The summed E-state index contributed by atoms with van der Waals surface area (Å²) >= 11 is 2.84. The largest absolute Gasteiger partial charge is 0.333 e. The number of nitrogens with one attached hydrogen (secondary N) is 2. The molecule has 1 amide bonds. The zero-order chi connectivity index (χ0) is 21.0. The Bertz CT molecular complexity index is 1150. The van der Waals surface area contributed by atoms with E-state index in [1.807, 2.05) is 29.6 Å². The fraction of sp³-hybridized carbons (Fsp3) is 0.292. The smallest absolute Gasteiger partial charge is 0.236 e. The molecule has 1 saturated carbocycles. The topological polar surface area (TPSA) is 70.7 Å². The number of anilines is 1. The molecule has 5 rings (SSSR count). The van der Waals surface area contributed by atoms with E-state index in [0.29, 0.717) is 11.0 Å². The molecule has 0 aliphatic heterocycles. The van der Waals surface area contributed by atoms with Crippen molar-refractivity contribution in [1.29, 1.82) is 0 Å². The number of H-pyrrole nitrogens is 1. The van der Waals surface area contributed by atoms with Gasteiger partial charge in [0.1, 0.15) is 0 Å². The second-order valence-corrected chi connectivity index (χ2v) is 9.71. The Balaban J connectivity index is 0.00000245. The maximum Gasteiger partial charge on any atom is 0.236 e. The molecule has 0 spiro atoms. The second kappa shape index (κ2) is 10.5. The predicted octanol–water partition coefficient (Wildman–Crippen LogP) is 6.89. The lowest BCUT2D eigenvalue weighted by Gasteiger charge is -2.22. The molecule has 0 bridgehead atoms. The molecule has 1 fully saturated rings. The Hall–Kier alpha value is -2.35. The molecule has 32 heavy (non-hydrogen) atoms. The van der Waals surface area contributed by atoms with Gasteiger partial charge in [-0.15, -0.1) is 23.7 Å². The van der Waals surface area contributed by atoms with Gasteiger partial charge in [-0.2, -0.15) is 0 Å². The van der Waals surface area contributed by atoms with E-state index in [1.165, 1.54) is 60.8 Å². The molecular formula is C24H25ClN4OS2. The zero-order valence-electron chi connectivity index (χ0n) is 17.5. The quantitative estimate of drug-likeness (QED) is 0.292. The van der Waals surface area contributed by atoms with E-state index in [4.69, 9.17) is 0 Å². The van der Waals surface area contributed by atoms with Crippen LogP contribution < -0.4 is 5.32 Å². The van der Waals surface area contributed by atoms with Gasteiger partial charge in [0, 0.05) is 10.9 Å². The number of rotatable bonds is 6. The number of aromatic nitrogens is 3. The maximum atomic E-state index is 12.4. The zero-order valence-corrected chi connectivity index (χ0v) is 20.0. The number of hydrogen-bond donors (Lipinski definition) is 2. The van der Waals surface area contributed by atoms with E-state index in [-0.39, 0.29) is 24.1 Å². The summed E-state index contributed by atoms with van der Waals surface area (Å²) in [5.74, 6) is 0.904. The van der Waals surface area contributed by atoms with Crippen molar-refractivity contribution in [3.63, 3.8) is 0 Å². The van der Waals surface area contributed by atoms with E-state index >= 15 is 0 Å². The summed E-state index contributed by atoms with van der Waals surface area (Å²) in [4.78, 5) is 24.7. The van der Waals surface area contributed by atoms with E-state index in [0.717, 1.165) is 27.4 Å². The molecule has 1 aliphatic rings. The highest BCUT2D eigenvalue weighted by Gasteiger charge is 2.16. The molecule has 0 atom stereocenters. The number of carbonyl (C=O) groups excluding carboxylic acids is 1. The van der Waals surface area contributed by atoms with Crippen LogP contribution in [0, 0.1) is 0 Å². The first kappa shape index (κ1) is 22.8. The summed E-state index contributed by atoms with van der Waals surface area (Å²) in [7, 11) is 0. The minimum Gasteiger partial charge on any atom is -0.333 e. The Morgan fingerprint density at radius 2 is 1.84 bits per heavy atom. The van der Waals surface area contributed by atoms with Crippen molar-refractivity contribution in [2.24, 2.45) is 0 Å². The lowest BCUT2D eigenvalue weighted by Crippen LogP contribution is -2.13. The Kier molecular flexibility index (Phi) is 7.50. The van der Waals surface area contributed by atoms with Gasteiger partial charge in [0.05, 0.1) is 22.5 Å². The second-order valence-electron chi connectivity index (χ2n) is 7.89. The van der Waals surface area contributed by atoms with Gasteiger partial charge in [-0.3, -0.25) is 4.79 Å². The first-order valence-electron chi connectivity index (χ1n) is 10.7. The van der Waals surface area contributed by atoms with Crippen LogP contribution >= 0.6 is 35.5 Å². The van der Waals surface area contributed by atoms with Gasteiger partial charge in [0.2, 0.25) is 5.91 Å². The third kappa shape index (κ3) is 5.34. The van der Waals surface area contributed by atoms with Crippen molar-refractivity contribution in [2.45, 2.75) is 43.2 Å². The lowest BCUT2D eigenvalue weighted by molar-refractivity contribution is -0.113. The van der Waals surface area contributed by atoms with Crippen LogP contribution in [0.5, 0.6) is 0 Å². The van der Waals surface area contributed by atoms with Gasteiger partial charge < -0.3 is 10.3 Å². The standard InChI is InChI=1S/C24H24N4OS2.ClH/c29-22(15-31-23-25-19-8-4-5-9-20(19)26-23)28-24-27-21(14-30-24)18-12-10-17(11-13-18)16-6-2-1-3-7-16;/h4-5,8-14,16H,1-3,6-7,15H2,(H,25,26)(H,27,28,29);1H. The summed E-state index contributed by atoms with van der Waals surface area (Å²) in [6.45, 7) is 0. The average Bonchev–Trinajstić information content (AvgIpc) is 3.45. The van der Waals surface area contributed by atoms with Gasteiger partial charge in [0.25, 0.3) is 0 Å². The highest BCUT2D eigenvalue weighted by molar-refractivity contribution is 7.99. The van der Waals surface area contributed by atoms with Gasteiger partial charge in [0.15, 0.2) is 10.3 Å². The normalized spacial score (nSPS) is 14.2. The summed E-state index contributed by atoms with van der Waals surface area (Å²) in [6, 6.07) is 16.6. The van der Waals surface area contributed by atoms with E-state index < -0.39 is 0 Å². The predicted molar refractivity (Wildman–Crippen MR) is 136 cm³/mol. The molecule has 1 aliphatic carbocycles. The number of carbonyl (C=O) groups is 1. The Labute approximate surface area is 201 Å². The molecular weight excluding hydrogens is 460 g/mol. The molecule has 0 saturated heterocycles. The van der Waals surface area contributed by atoms with Gasteiger partial charge in [-0.05, 0) is 36.5 Å². The molecule has 0 radical (unpaired) electrons. The number of amides is 1. The third-order valence-corrected chi connectivity index (χ3v) is 7.37. The fourth-order valence-electron chi connectivity index (χ4n) is 4.11. The van der Waals surface area contributed by atoms with E-state index in [1.54, 1.807) is 0 Å². The highest BCUT2D eigenvalue weighted by Crippen LogP contribution is 2.34. The van der Waals surface area contributed by atoms with Crippen LogP contribution in [-0.2, 0) is 4.79 Å². The molecule has 2 N–H and O–H groups in total. The van der Waals surface area contributed by atoms with Crippen LogP contribution in [-0.4, -0.2) is 26.6 Å². The minimum atomic E-state index is -0.0843. The lowest BCUT2D eigenvalue weighted by atomic mass is 9.84. The summed E-state index contributed by atoms with van der Waals surface area (Å²) in [6.07, 6.45) is 6.67. The number of halogens is 1. The number of thiazole rings is 1. The number of para-hydroxylation sites is 2. The number of aromatic amines is 1. The number of fused-ring (bicyclic) bond motifs is 1. The fourth-order valence-corrected chi connectivity index (χ4v) is 5.53. The van der Waals surface area contributed by atoms with Crippen LogP contribution in [0.3, 0.4) is 0 Å². The third-order valence-electron chi connectivity index (χ3n) is 5.74. The first-order chi connectivity index (χ1) is 15.2. The summed E-state index contributed by atoms with van der Waals surface area (Å²) in [5, 5.41) is 6.27. The van der Waals surface area contributed by atoms with Gasteiger partial charge >= 0.3 is 0 Å². The van der Waals surface area contributed by atoms with Crippen molar-refractivity contribution in [1.82, 2.24) is 15.0 Å². The van der Waals surface area contributed by atoms with Crippen molar-refractivity contribution in [2.75, 3.05) is 11.1 Å². The van der Waals surface area contributed by atoms with Crippen molar-refractivity contribution in [3.8, 4) is 11.3 Å². The number of hydrogen-bond acceptors (Lipinski definition) is 5. The number of thioether (sulfide) groups is 1. The van der Waals surface area contributed by atoms with Crippen molar-refractivity contribution < 1.29 is 4.79 Å². The van der Waals surface area contributed by atoms with Crippen LogP contribution in [0.2, 0.25) is 0 Å². The minimum absolute atomic E-state index is 0. The molecule has 4 aromatic rings. The SMILES string of the molecule is Cl.O=C(CSc1nc2ccccc2[nH]1)Nc1nc(-c2ccc(C3CCCCC3)cc2)cs1. The van der Waals surface area contributed by atoms with Crippen LogP contribution in [0.25, 0.3) is 22.3 Å². The van der Waals surface area contributed by atoms with Gasteiger partial charge in [-0.25, -0.2) is 9.97 Å². The number of benzene rings is 2. The van der Waals surface area contributed by atoms with Crippen LogP contribution in [0.4, 0.5) is 5.13 Å². The molecule has 166 valence electrons. The van der Waals surface area contributed by atoms with E-state index in [9.17, 15) is 4.79 Å². The molecule has 8 heteroatoms. The van der Waals surface area contributed by atoms with Gasteiger partial charge in [-0.1, -0.05) is 67.4 Å².